The third kappa shape index (κ3) is 5.87. The third-order valence-electron chi connectivity index (χ3n) is 4.87. The molecule has 2 heterocycles. The highest BCUT2D eigenvalue weighted by molar-refractivity contribution is 7.10. The molecular weight excluding hydrogens is 427 g/mol. The number of rotatable bonds is 6. The Hall–Kier alpha value is -1.76. The van der Waals surface area contributed by atoms with E-state index in [-0.39, 0.29) is 36.6 Å². The van der Waals surface area contributed by atoms with Gasteiger partial charge in [-0.05, 0) is 29.1 Å². The zero-order valence-electron chi connectivity index (χ0n) is 16.0. The van der Waals surface area contributed by atoms with E-state index >= 15 is 0 Å². The molecule has 1 saturated heterocycles. The van der Waals surface area contributed by atoms with Crippen molar-refractivity contribution in [3.63, 3.8) is 0 Å². The molecule has 156 valence electrons. The standard InChI is InChI=1S/C22H24N2O2S.2ClH/c25-20-15-18(26-16-17-5-2-1-3-6-17)8-9-19(20)22(21-7-4-14-27-21)24-12-10-23-11-13-24;;/h1-9,14-15,22-23,25H,10-13,16H2;2*1H/t22-;;/m0../s1. The van der Waals surface area contributed by atoms with Gasteiger partial charge in [-0.1, -0.05) is 36.4 Å². The fraction of sp³-hybridized carbons (Fsp3) is 0.273. The van der Waals surface area contributed by atoms with Crippen LogP contribution in [0, 0.1) is 0 Å². The molecule has 2 aromatic carbocycles. The van der Waals surface area contributed by atoms with Crippen LogP contribution in [0.25, 0.3) is 0 Å². The molecule has 1 fully saturated rings. The minimum absolute atomic E-state index is 0. The fourth-order valence-corrected chi connectivity index (χ4v) is 4.38. The molecule has 0 saturated carbocycles. The molecule has 3 aromatic rings. The number of aromatic hydroxyl groups is 1. The second kappa shape index (κ2) is 11.4. The monoisotopic (exact) mass is 452 g/mol. The number of phenols is 1. The van der Waals surface area contributed by atoms with Crippen LogP contribution in [0.2, 0.25) is 0 Å². The largest absolute Gasteiger partial charge is 0.507 e. The average molecular weight is 453 g/mol. The quantitative estimate of drug-likeness (QED) is 0.559. The summed E-state index contributed by atoms with van der Waals surface area (Å²) in [4.78, 5) is 3.69. The van der Waals surface area contributed by atoms with Crippen molar-refractivity contribution in [1.82, 2.24) is 10.2 Å². The summed E-state index contributed by atoms with van der Waals surface area (Å²) in [6, 6.07) is 20.1. The van der Waals surface area contributed by atoms with Gasteiger partial charge in [0.05, 0.1) is 6.04 Å². The van der Waals surface area contributed by atoms with Gasteiger partial charge in [0.2, 0.25) is 0 Å². The van der Waals surface area contributed by atoms with Crippen molar-refractivity contribution in [2.75, 3.05) is 26.2 Å². The predicted octanol–water partition coefficient (Wildman–Crippen LogP) is 4.87. The van der Waals surface area contributed by atoms with E-state index < -0.39 is 0 Å². The molecule has 2 N–H and O–H groups in total. The fourth-order valence-electron chi connectivity index (χ4n) is 3.50. The van der Waals surface area contributed by atoms with Crippen molar-refractivity contribution in [2.24, 2.45) is 0 Å². The maximum atomic E-state index is 10.8. The topological polar surface area (TPSA) is 44.7 Å². The summed E-state index contributed by atoms with van der Waals surface area (Å²) in [5, 5.41) is 16.3. The first-order chi connectivity index (χ1) is 13.3. The Labute approximate surface area is 188 Å². The molecular formula is C22H26Cl2N2O2S. The Balaban J connectivity index is 0.00000150. The number of piperazine rings is 1. The predicted molar refractivity (Wildman–Crippen MR) is 124 cm³/mol. The lowest BCUT2D eigenvalue weighted by atomic mass is 10.0. The van der Waals surface area contributed by atoms with Crippen molar-refractivity contribution in [3.8, 4) is 11.5 Å². The van der Waals surface area contributed by atoms with Gasteiger partial charge in [0.1, 0.15) is 18.1 Å². The van der Waals surface area contributed by atoms with Crippen LogP contribution in [0.4, 0.5) is 0 Å². The third-order valence-corrected chi connectivity index (χ3v) is 5.80. The first-order valence-corrected chi connectivity index (χ1v) is 10.2. The van der Waals surface area contributed by atoms with E-state index in [1.807, 2.05) is 42.5 Å². The molecule has 1 aliphatic heterocycles. The Morgan fingerprint density at radius 3 is 2.41 bits per heavy atom. The summed E-state index contributed by atoms with van der Waals surface area (Å²) >= 11 is 1.74. The Kier molecular flexibility index (Phi) is 9.27. The summed E-state index contributed by atoms with van der Waals surface area (Å²) in [5.74, 6) is 0.975. The summed E-state index contributed by atoms with van der Waals surface area (Å²) < 4.78 is 5.86. The van der Waals surface area contributed by atoms with Gasteiger partial charge in [-0.25, -0.2) is 0 Å². The maximum absolute atomic E-state index is 10.8. The van der Waals surface area contributed by atoms with Crippen LogP contribution in [-0.4, -0.2) is 36.2 Å². The van der Waals surface area contributed by atoms with Gasteiger partial charge in [0, 0.05) is 42.7 Å². The smallest absolute Gasteiger partial charge is 0.124 e. The molecule has 0 radical (unpaired) electrons. The van der Waals surface area contributed by atoms with Crippen LogP contribution in [0.3, 0.4) is 0 Å². The van der Waals surface area contributed by atoms with Crippen LogP contribution in [0.1, 0.15) is 22.0 Å². The number of ether oxygens (including phenoxy) is 1. The average Bonchev–Trinajstić information content (AvgIpc) is 3.24. The second-order valence-electron chi connectivity index (χ2n) is 6.70. The van der Waals surface area contributed by atoms with E-state index in [1.54, 1.807) is 17.4 Å². The summed E-state index contributed by atoms with van der Waals surface area (Å²) in [6.45, 7) is 4.37. The van der Waals surface area contributed by atoms with Gasteiger partial charge >= 0.3 is 0 Å². The second-order valence-corrected chi connectivity index (χ2v) is 7.68. The lowest BCUT2D eigenvalue weighted by Crippen LogP contribution is -2.45. The highest BCUT2D eigenvalue weighted by Crippen LogP contribution is 2.38. The van der Waals surface area contributed by atoms with E-state index in [9.17, 15) is 5.11 Å². The number of hydrogen-bond donors (Lipinski definition) is 2. The Morgan fingerprint density at radius 1 is 1.00 bits per heavy atom. The molecule has 1 aliphatic rings. The molecule has 0 aliphatic carbocycles. The summed E-state index contributed by atoms with van der Waals surface area (Å²) in [7, 11) is 0. The number of nitrogens with one attached hydrogen (secondary N) is 1. The summed E-state index contributed by atoms with van der Waals surface area (Å²) in [6.07, 6.45) is 0. The first kappa shape index (κ1) is 23.5. The van der Waals surface area contributed by atoms with E-state index in [1.165, 1.54) is 4.88 Å². The van der Waals surface area contributed by atoms with Gasteiger partial charge in [-0.3, -0.25) is 4.90 Å². The molecule has 29 heavy (non-hydrogen) atoms. The van der Waals surface area contributed by atoms with Crippen LogP contribution >= 0.6 is 36.2 Å². The van der Waals surface area contributed by atoms with Crippen molar-refractivity contribution in [3.05, 3.63) is 82.0 Å². The molecule has 0 amide bonds. The lowest BCUT2D eigenvalue weighted by Gasteiger charge is -2.35. The van der Waals surface area contributed by atoms with Gasteiger partial charge in [-0.15, -0.1) is 36.2 Å². The number of phenolic OH excluding ortho intramolecular Hbond substituents is 1. The van der Waals surface area contributed by atoms with Gasteiger partial charge in [0.15, 0.2) is 0 Å². The van der Waals surface area contributed by atoms with E-state index in [4.69, 9.17) is 4.74 Å². The zero-order valence-corrected chi connectivity index (χ0v) is 18.4. The highest BCUT2D eigenvalue weighted by Gasteiger charge is 2.27. The minimum Gasteiger partial charge on any atom is -0.507 e. The highest BCUT2D eigenvalue weighted by atomic mass is 35.5. The van der Waals surface area contributed by atoms with E-state index in [0.29, 0.717) is 12.4 Å². The number of thiophene rings is 1. The van der Waals surface area contributed by atoms with Crippen molar-refractivity contribution < 1.29 is 9.84 Å². The molecule has 0 unspecified atom stereocenters. The molecule has 0 bridgehead atoms. The van der Waals surface area contributed by atoms with E-state index in [0.717, 1.165) is 37.3 Å². The van der Waals surface area contributed by atoms with Crippen LogP contribution < -0.4 is 10.1 Å². The maximum Gasteiger partial charge on any atom is 0.124 e. The van der Waals surface area contributed by atoms with Crippen LogP contribution in [-0.2, 0) is 6.61 Å². The molecule has 7 heteroatoms. The minimum atomic E-state index is 0. The normalized spacial score (nSPS) is 15.0. The molecule has 4 nitrogen and oxygen atoms in total. The SMILES string of the molecule is Cl.Cl.Oc1cc(OCc2ccccc2)ccc1[C@@H](c1cccs1)N1CCNCC1. The van der Waals surface area contributed by atoms with E-state index in [2.05, 4.69) is 27.7 Å². The number of nitrogens with zero attached hydrogens (tertiary/aromatic N) is 1. The van der Waals surface area contributed by atoms with Gasteiger partial charge in [-0.2, -0.15) is 0 Å². The molecule has 1 aromatic heterocycles. The van der Waals surface area contributed by atoms with Crippen molar-refractivity contribution in [1.29, 1.82) is 0 Å². The molecule has 0 spiro atoms. The Morgan fingerprint density at radius 2 is 1.76 bits per heavy atom. The number of benzene rings is 2. The van der Waals surface area contributed by atoms with Crippen molar-refractivity contribution in [2.45, 2.75) is 12.6 Å². The van der Waals surface area contributed by atoms with Gasteiger partial charge < -0.3 is 15.2 Å². The van der Waals surface area contributed by atoms with Crippen LogP contribution in [0.5, 0.6) is 11.5 Å². The first-order valence-electron chi connectivity index (χ1n) is 9.29. The van der Waals surface area contributed by atoms with Crippen LogP contribution in [0.15, 0.2) is 66.0 Å². The lowest BCUT2D eigenvalue weighted by molar-refractivity contribution is 0.198. The molecule has 4 rings (SSSR count). The van der Waals surface area contributed by atoms with Gasteiger partial charge in [0.25, 0.3) is 0 Å². The zero-order chi connectivity index (χ0) is 18.5. The molecule has 1 atom stereocenters. The Bertz CT molecular complexity index is 857. The van der Waals surface area contributed by atoms with Crippen molar-refractivity contribution >= 4 is 36.2 Å². The number of halogens is 2. The number of hydrogen-bond acceptors (Lipinski definition) is 5. The summed E-state index contributed by atoms with van der Waals surface area (Å²) in [5.41, 5.74) is 2.05.